The van der Waals surface area contributed by atoms with Gasteiger partial charge in [-0.2, -0.15) is 0 Å². The Morgan fingerprint density at radius 3 is 2.31 bits per heavy atom. The second-order valence-corrected chi connectivity index (χ2v) is 9.32. The number of carbonyl (C=O) groups excluding carboxylic acids is 2. The van der Waals surface area contributed by atoms with E-state index in [4.69, 9.17) is 11.6 Å². The van der Waals surface area contributed by atoms with Gasteiger partial charge in [-0.3, -0.25) is 14.3 Å². The normalized spacial score (nSPS) is 13.8. The second kappa shape index (κ2) is 9.02. The van der Waals surface area contributed by atoms with Crippen molar-refractivity contribution < 1.29 is 18.0 Å². The monoisotopic (exact) mass is 469 g/mol. The summed E-state index contributed by atoms with van der Waals surface area (Å²) in [5, 5.41) is 2.74. The minimum atomic E-state index is -3.99. The van der Waals surface area contributed by atoms with E-state index in [0.29, 0.717) is 24.3 Å². The molecular weight excluding hydrogens is 450 g/mol. The fourth-order valence-corrected chi connectivity index (χ4v) is 5.00. The molecule has 32 heavy (non-hydrogen) atoms. The van der Waals surface area contributed by atoms with Crippen LogP contribution in [-0.4, -0.2) is 26.8 Å². The van der Waals surface area contributed by atoms with Crippen molar-refractivity contribution in [3.05, 3.63) is 83.4 Å². The Morgan fingerprint density at radius 1 is 0.938 bits per heavy atom. The Balaban J connectivity index is 1.51. The zero-order valence-corrected chi connectivity index (χ0v) is 18.5. The van der Waals surface area contributed by atoms with Crippen LogP contribution >= 0.6 is 11.6 Å². The van der Waals surface area contributed by atoms with Crippen molar-refractivity contribution in [1.29, 1.82) is 0 Å². The molecule has 0 spiro atoms. The zero-order chi connectivity index (χ0) is 22.7. The lowest BCUT2D eigenvalue weighted by Crippen LogP contribution is -2.23. The smallest absolute Gasteiger partial charge is 0.263 e. The molecule has 0 radical (unpaired) electrons. The number of anilines is 3. The average Bonchev–Trinajstić information content (AvgIpc) is 3.20. The van der Waals surface area contributed by atoms with Crippen LogP contribution < -0.4 is 14.9 Å². The lowest BCUT2D eigenvalue weighted by atomic mass is 10.2. The van der Waals surface area contributed by atoms with Crippen LogP contribution in [0.1, 0.15) is 23.2 Å². The minimum absolute atomic E-state index is 0.00427. The predicted octanol–water partition coefficient (Wildman–Crippen LogP) is 4.52. The lowest BCUT2D eigenvalue weighted by molar-refractivity contribution is -0.117. The van der Waals surface area contributed by atoms with Crippen molar-refractivity contribution in [3.63, 3.8) is 0 Å². The van der Waals surface area contributed by atoms with Crippen molar-refractivity contribution in [2.24, 2.45) is 0 Å². The molecule has 1 aliphatic heterocycles. The number of carbonyl (C=O) groups is 2. The van der Waals surface area contributed by atoms with Crippen molar-refractivity contribution in [3.8, 4) is 0 Å². The van der Waals surface area contributed by atoms with Gasteiger partial charge in [0.25, 0.3) is 15.9 Å². The van der Waals surface area contributed by atoms with Crippen LogP contribution in [0, 0.1) is 0 Å². The summed E-state index contributed by atoms with van der Waals surface area (Å²) in [6.07, 6.45) is 1.37. The Labute approximate surface area is 191 Å². The summed E-state index contributed by atoms with van der Waals surface area (Å²) < 4.78 is 28.0. The maximum absolute atomic E-state index is 12.8. The molecule has 0 aromatic heterocycles. The number of rotatable bonds is 6. The highest BCUT2D eigenvalue weighted by molar-refractivity contribution is 7.92. The molecular formula is C23H20ClN3O4S. The maximum atomic E-state index is 12.8. The fourth-order valence-electron chi connectivity index (χ4n) is 3.42. The van der Waals surface area contributed by atoms with Gasteiger partial charge < -0.3 is 10.2 Å². The topological polar surface area (TPSA) is 95.6 Å². The van der Waals surface area contributed by atoms with Gasteiger partial charge in [0.05, 0.1) is 5.02 Å². The summed E-state index contributed by atoms with van der Waals surface area (Å²) >= 11 is 6.12. The first-order chi connectivity index (χ1) is 15.3. The lowest BCUT2D eigenvalue weighted by Gasteiger charge is -2.16. The van der Waals surface area contributed by atoms with Crippen molar-refractivity contribution in [2.75, 3.05) is 21.5 Å². The fraction of sp³-hybridized carbons (Fsp3) is 0.130. The van der Waals surface area contributed by atoms with E-state index < -0.39 is 15.9 Å². The van der Waals surface area contributed by atoms with Crippen molar-refractivity contribution in [1.82, 2.24) is 0 Å². The third kappa shape index (κ3) is 4.76. The highest BCUT2D eigenvalue weighted by Crippen LogP contribution is 2.26. The van der Waals surface area contributed by atoms with Crippen molar-refractivity contribution in [2.45, 2.75) is 17.7 Å². The largest absolute Gasteiger partial charge is 0.322 e. The van der Waals surface area contributed by atoms with Gasteiger partial charge in [-0.05, 0) is 61.0 Å². The van der Waals surface area contributed by atoms with E-state index >= 15 is 0 Å². The Kier molecular flexibility index (Phi) is 6.16. The molecule has 164 valence electrons. The number of sulfonamides is 1. The number of hydrogen-bond donors (Lipinski definition) is 2. The molecule has 1 fully saturated rings. The molecule has 0 bridgehead atoms. The molecule has 9 heteroatoms. The predicted molar refractivity (Wildman–Crippen MR) is 125 cm³/mol. The highest BCUT2D eigenvalue weighted by atomic mass is 35.5. The number of halogens is 1. The van der Waals surface area contributed by atoms with Gasteiger partial charge in [-0.25, -0.2) is 8.42 Å². The van der Waals surface area contributed by atoms with Crippen LogP contribution in [0.5, 0.6) is 0 Å². The van der Waals surface area contributed by atoms with E-state index in [1.165, 1.54) is 18.2 Å². The van der Waals surface area contributed by atoms with Gasteiger partial charge in [0.1, 0.15) is 4.90 Å². The molecule has 2 amide bonds. The molecule has 0 aliphatic carbocycles. The molecule has 4 rings (SSSR count). The first-order valence-electron chi connectivity index (χ1n) is 9.93. The number of amides is 2. The van der Waals surface area contributed by atoms with E-state index in [2.05, 4.69) is 10.0 Å². The average molecular weight is 470 g/mol. The van der Waals surface area contributed by atoms with E-state index in [1.54, 1.807) is 59.5 Å². The first-order valence-corrected chi connectivity index (χ1v) is 11.8. The molecule has 3 aromatic carbocycles. The number of para-hydroxylation sites is 1. The van der Waals surface area contributed by atoms with Crippen LogP contribution in [0.4, 0.5) is 17.1 Å². The van der Waals surface area contributed by atoms with Crippen LogP contribution in [0.2, 0.25) is 5.02 Å². The molecule has 1 saturated heterocycles. The van der Waals surface area contributed by atoms with E-state index in [9.17, 15) is 18.0 Å². The van der Waals surface area contributed by atoms with Gasteiger partial charge in [-0.15, -0.1) is 0 Å². The van der Waals surface area contributed by atoms with Crippen LogP contribution in [0.25, 0.3) is 0 Å². The summed E-state index contributed by atoms with van der Waals surface area (Å²) in [4.78, 5) is 26.1. The van der Waals surface area contributed by atoms with Gasteiger partial charge >= 0.3 is 0 Å². The number of hydrogen-bond acceptors (Lipinski definition) is 4. The number of nitrogens with one attached hydrogen (secondary N) is 2. The van der Waals surface area contributed by atoms with Crippen LogP contribution in [0.3, 0.4) is 0 Å². The molecule has 0 saturated carbocycles. The number of nitrogens with zero attached hydrogens (tertiary/aromatic N) is 1. The molecule has 1 heterocycles. The standard InChI is InChI=1S/C23H20ClN3O4S/c24-20-13-8-16(15-21(20)32(30,31)26-18-5-2-1-3-6-18)23(29)25-17-9-11-19(12-10-17)27-14-4-7-22(27)28/h1-3,5-6,8-13,15,26H,4,7,14H2,(H,25,29). The summed E-state index contributed by atoms with van der Waals surface area (Å²) in [6.45, 7) is 0.684. The Morgan fingerprint density at radius 2 is 1.66 bits per heavy atom. The van der Waals surface area contributed by atoms with Gasteiger partial charge in [0, 0.05) is 35.6 Å². The quantitative estimate of drug-likeness (QED) is 0.554. The summed E-state index contributed by atoms with van der Waals surface area (Å²) in [5.74, 6) is -0.399. The van der Waals surface area contributed by atoms with Gasteiger partial charge in [0.2, 0.25) is 5.91 Å². The molecule has 1 aliphatic rings. The molecule has 3 aromatic rings. The van der Waals surface area contributed by atoms with E-state index in [0.717, 1.165) is 12.1 Å². The third-order valence-corrected chi connectivity index (χ3v) is 6.88. The van der Waals surface area contributed by atoms with Crippen LogP contribution in [0.15, 0.2) is 77.7 Å². The zero-order valence-electron chi connectivity index (χ0n) is 16.9. The molecule has 0 unspecified atom stereocenters. The SMILES string of the molecule is O=C(Nc1ccc(N2CCCC2=O)cc1)c1ccc(Cl)c(S(=O)(=O)Nc2ccccc2)c1. The minimum Gasteiger partial charge on any atom is -0.322 e. The van der Waals surface area contributed by atoms with Crippen molar-refractivity contribution >= 4 is 50.5 Å². The van der Waals surface area contributed by atoms with E-state index in [1.807, 2.05) is 0 Å². The maximum Gasteiger partial charge on any atom is 0.263 e. The van der Waals surface area contributed by atoms with Gasteiger partial charge in [-0.1, -0.05) is 29.8 Å². The molecule has 2 N–H and O–H groups in total. The molecule has 7 nitrogen and oxygen atoms in total. The van der Waals surface area contributed by atoms with Crippen LogP contribution in [-0.2, 0) is 14.8 Å². The summed E-state index contributed by atoms with van der Waals surface area (Å²) in [7, 11) is -3.99. The number of benzene rings is 3. The summed E-state index contributed by atoms with van der Waals surface area (Å²) in [6, 6.07) is 19.4. The third-order valence-electron chi connectivity index (χ3n) is 5.02. The summed E-state index contributed by atoms with van der Waals surface area (Å²) in [5.41, 5.74) is 1.82. The Hall–Kier alpha value is -3.36. The second-order valence-electron chi connectivity index (χ2n) is 7.27. The first kappa shape index (κ1) is 21.9. The highest BCUT2D eigenvalue weighted by Gasteiger charge is 2.22. The molecule has 0 atom stereocenters. The van der Waals surface area contributed by atoms with E-state index in [-0.39, 0.29) is 21.4 Å². The van der Waals surface area contributed by atoms with Gasteiger partial charge in [0.15, 0.2) is 0 Å². The Bertz CT molecular complexity index is 1260.